The normalized spacial score (nSPS) is 21.5. The van der Waals surface area contributed by atoms with Crippen LogP contribution in [0.5, 0.6) is 0 Å². The Morgan fingerprint density at radius 2 is 1.69 bits per heavy atom. The van der Waals surface area contributed by atoms with Crippen molar-refractivity contribution in [1.29, 1.82) is 0 Å². The lowest BCUT2D eigenvalue weighted by Gasteiger charge is -2.44. The van der Waals surface area contributed by atoms with Crippen molar-refractivity contribution in [1.82, 2.24) is 25.2 Å². The fourth-order valence-corrected chi connectivity index (χ4v) is 3.61. The summed E-state index contributed by atoms with van der Waals surface area (Å²) in [6.07, 6.45) is 5.32. The summed E-state index contributed by atoms with van der Waals surface area (Å²) in [6.45, 7) is 8.18. The van der Waals surface area contributed by atoms with Gasteiger partial charge in [-0.2, -0.15) is 0 Å². The Morgan fingerprint density at radius 1 is 1.08 bits per heavy atom. The second-order valence-electron chi connectivity index (χ2n) is 6.95. The molecule has 1 aliphatic rings. The van der Waals surface area contributed by atoms with E-state index in [-0.39, 0.29) is 0 Å². The third-order valence-electron chi connectivity index (χ3n) is 4.88. The van der Waals surface area contributed by atoms with E-state index in [1.807, 2.05) is 24.5 Å². The molecule has 0 aliphatic carbocycles. The zero-order valence-electron chi connectivity index (χ0n) is 15.2. The molecule has 138 valence electrons. The van der Waals surface area contributed by atoms with Crippen LogP contribution in [0.3, 0.4) is 0 Å². The Morgan fingerprint density at radius 3 is 2.27 bits per heavy atom. The fourth-order valence-electron chi connectivity index (χ4n) is 3.61. The second kappa shape index (κ2) is 8.35. The summed E-state index contributed by atoms with van der Waals surface area (Å²) < 4.78 is 0. The number of hydrogen-bond donors (Lipinski definition) is 2. The number of amides is 1. The quantitative estimate of drug-likeness (QED) is 0.627. The van der Waals surface area contributed by atoms with Gasteiger partial charge in [0, 0.05) is 61.8 Å². The molecule has 2 unspecified atom stereocenters. The average molecular weight is 355 g/mol. The van der Waals surface area contributed by atoms with Crippen molar-refractivity contribution in [2.24, 2.45) is 0 Å². The van der Waals surface area contributed by atoms with E-state index >= 15 is 0 Å². The van der Waals surface area contributed by atoms with Crippen molar-refractivity contribution in [2.75, 3.05) is 13.1 Å². The molecule has 1 aromatic heterocycles. The number of carbonyl (C=O) groups excluding carboxylic acids is 1. The van der Waals surface area contributed by atoms with Gasteiger partial charge in [0.05, 0.1) is 0 Å². The van der Waals surface area contributed by atoms with Gasteiger partial charge < -0.3 is 0 Å². The van der Waals surface area contributed by atoms with Gasteiger partial charge in [-0.05, 0) is 31.5 Å². The molecule has 0 bridgehead atoms. The molecule has 1 fully saturated rings. The van der Waals surface area contributed by atoms with Gasteiger partial charge in [-0.1, -0.05) is 12.1 Å². The maximum absolute atomic E-state index is 11.4. The maximum Gasteiger partial charge on any atom is 0.274 e. The van der Waals surface area contributed by atoms with E-state index in [1.165, 1.54) is 0 Å². The molecule has 2 atom stereocenters. The van der Waals surface area contributed by atoms with Crippen LogP contribution < -0.4 is 5.48 Å². The monoisotopic (exact) mass is 355 g/mol. The highest BCUT2D eigenvalue weighted by Gasteiger charge is 2.29. The molecule has 0 saturated carbocycles. The molecule has 2 aromatic rings. The van der Waals surface area contributed by atoms with Crippen LogP contribution in [-0.4, -0.2) is 56.1 Å². The second-order valence-corrected chi connectivity index (χ2v) is 6.95. The van der Waals surface area contributed by atoms with Crippen LogP contribution in [0.25, 0.3) is 0 Å². The van der Waals surface area contributed by atoms with E-state index in [1.54, 1.807) is 23.9 Å². The van der Waals surface area contributed by atoms with Crippen molar-refractivity contribution >= 4 is 5.91 Å². The molecule has 2 N–H and O–H groups in total. The number of nitrogens with one attached hydrogen (secondary N) is 1. The topological polar surface area (TPSA) is 81.6 Å². The highest BCUT2D eigenvalue weighted by molar-refractivity contribution is 5.93. The standard InChI is InChI=1S/C19H25N5O2/c1-14-9-23(11-16-3-5-18(6-4-16)19(25)22-26)10-15(2)24(14)12-17-7-20-13-21-8-17/h3-8,13-15,26H,9-12H2,1-2H3,(H,22,25). The van der Waals surface area contributed by atoms with E-state index < -0.39 is 5.91 Å². The van der Waals surface area contributed by atoms with Crippen molar-refractivity contribution in [3.63, 3.8) is 0 Å². The minimum Gasteiger partial charge on any atom is -0.296 e. The van der Waals surface area contributed by atoms with Crippen LogP contribution in [-0.2, 0) is 13.1 Å². The maximum atomic E-state index is 11.4. The van der Waals surface area contributed by atoms with Crippen LogP contribution in [0.1, 0.15) is 35.3 Å². The first kappa shape index (κ1) is 18.4. The third-order valence-corrected chi connectivity index (χ3v) is 4.88. The highest BCUT2D eigenvalue weighted by atomic mass is 16.5. The van der Waals surface area contributed by atoms with E-state index in [0.29, 0.717) is 17.6 Å². The SMILES string of the molecule is CC1CN(Cc2ccc(C(=O)NO)cc2)CC(C)N1Cc1cncnc1. The Bertz CT molecular complexity index is 710. The van der Waals surface area contributed by atoms with Gasteiger partial charge in [-0.3, -0.25) is 19.8 Å². The lowest BCUT2D eigenvalue weighted by Crippen LogP contribution is -2.55. The highest BCUT2D eigenvalue weighted by Crippen LogP contribution is 2.20. The average Bonchev–Trinajstić information content (AvgIpc) is 2.65. The number of aromatic nitrogens is 2. The Balaban J connectivity index is 1.59. The summed E-state index contributed by atoms with van der Waals surface area (Å²) in [7, 11) is 0. The Kier molecular flexibility index (Phi) is 5.92. The number of benzene rings is 1. The molecule has 7 nitrogen and oxygen atoms in total. The van der Waals surface area contributed by atoms with Crippen molar-refractivity contribution in [3.05, 3.63) is 59.7 Å². The van der Waals surface area contributed by atoms with E-state index in [4.69, 9.17) is 5.21 Å². The molecule has 0 spiro atoms. The Labute approximate surface area is 153 Å². The van der Waals surface area contributed by atoms with Crippen LogP contribution in [0.15, 0.2) is 43.0 Å². The molecule has 26 heavy (non-hydrogen) atoms. The predicted octanol–water partition coefficient (Wildman–Crippen LogP) is 1.69. The van der Waals surface area contributed by atoms with Crippen LogP contribution >= 0.6 is 0 Å². The van der Waals surface area contributed by atoms with Crippen molar-refractivity contribution < 1.29 is 10.0 Å². The van der Waals surface area contributed by atoms with Gasteiger partial charge in [0.15, 0.2) is 0 Å². The molecular formula is C19H25N5O2. The smallest absolute Gasteiger partial charge is 0.274 e. The van der Waals surface area contributed by atoms with Gasteiger partial charge in [0.1, 0.15) is 6.33 Å². The number of hydroxylamine groups is 1. The van der Waals surface area contributed by atoms with E-state index in [0.717, 1.165) is 37.3 Å². The van der Waals surface area contributed by atoms with Crippen LogP contribution in [0, 0.1) is 0 Å². The largest absolute Gasteiger partial charge is 0.296 e. The zero-order chi connectivity index (χ0) is 18.5. The van der Waals surface area contributed by atoms with Crippen LogP contribution in [0.2, 0.25) is 0 Å². The number of rotatable bonds is 5. The van der Waals surface area contributed by atoms with Gasteiger partial charge in [0.2, 0.25) is 0 Å². The number of nitrogens with zero attached hydrogens (tertiary/aromatic N) is 4. The summed E-state index contributed by atoms with van der Waals surface area (Å²) in [4.78, 5) is 24.5. The predicted molar refractivity (Wildman–Crippen MR) is 97.5 cm³/mol. The van der Waals surface area contributed by atoms with Crippen molar-refractivity contribution in [2.45, 2.75) is 39.0 Å². The van der Waals surface area contributed by atoms with Gasteiger partial charge in [-0.25, -0.2) is 15.4 Å². The minimum absolute atomic E-state index is 0.429. The lowest BCUT2D eigenvalue weighted by atomic mass is 10.1. The number of carbonyl (C=O) groups is 1. The first-order valence-corrected chi connectivity index (χ1v) is 8.82. The van der Waals surface area contributed by atoms with E-state index in [9.17, 15) is 4.79 Å². The van der Waals surface area contributed by atoms with Crippen molar-refractivity contribution in [3.8, 4) is 0 Å². The summed E-state index contributed by atoms with van der Waals surface area (Å²) in [6, 6.07) is 8.21. The number of piperazine rings is 1. The van der Waals surface area contributed by atoms with E-state index in [2.05, 4.69) is 33.6 Å². The summed E-state index contributed by atoms with van der Waals surface area (Å²) in [5.74, 6) is -0.489. The summed E-state index contributed by atoms with van der Waals surface area (Å²) in [5.41, 5.74) is 4.40. The van der Waals surface area contributed by atoms with Gasteiger partial charge in [0.25, 0.3) is 5.91 Å². The molecule has 2 heterocycles. The molecule has 1 aliphatic heterocycles. The molecule has 1 aromatic carbocycles. The van der Waals surface area contributed by atoms with Crippen LogP contribution in [0.4, 0.5) is 0 Å². The molecule has 7 heteroatoms. The lowest BCUT2D eigenvalue weighted by molar-refractivity contribution is 0.0289. The summed E-state index contributed by atoms with van der Waals surface area (Å²) in [5, 5.41) is 8.69. The first-order valence-electron chi connectivity index (χ1n) is 8.82. The Hall–Kier alpha value is -2.35. The molecule has 0 radical (unpaired) electrons. The summed E-state index contributed by atoms with van der Waals surface area (Å²) >= 11 is 0. The molecular weight excluding hydrogens is 330 g/mol. The number of hydrogen-bond acceptors (Lipinski definition) is 6. The minimum atomic E-state index is -0.489. The van der Waals surface area contributed by atoms with Gasteiger partial charge >= 0.3 is 0 Å². The molecule has 1 saturated heterocycles. The molecule has 3 rings (SSSR count). The fraction of sp³-hybridized carbons (Fsp3) is 0.421. The molecule has 1 amide bonds. The van der Waals surface area contributed by atoms with Gasteiger partial charge in [-0.15, -0.1) is 0 Å². The third kappa shape index (κ3) is 4.43. The zero-order valence-corrected chi connectivity index (χ0v) is 15.2. The first-order chi connectivity index (χ1) is 12.6.